The standard InChI is InChI=1S/C18H16FNO2/c19-10-3-1-9(2-4-10)8-20-17(21)15-11-5-6-12(14-7-13(11)14)16(15)18(20)22/h1-6,11-16H,7-8H2/t11-,12-,13-,14-,15-,16+/m0/s1. The van der Waals surface area contributed by atoms with Crippen LogP contribution in [-0.2, 0) is 16.1 Å². The minimum Gasteiger partial charge on any atom is -0.278 e. The van der Waals surface area contributed by atoms with Crippen LogP contribution in [0.15, 0.2) is 36.4 Å². The Morgan fingerprint density at radius 3 is 2.05 bits per heavy atom. The van der Waals surface area contributed by atoms with Crippen LogP contribution in [0.5, 0.6) is 0 Å². The number of nitrogens with zero attached hydrogens (tertiary/aromatic N) is 1. The first-order valence-corrected chi connectivity index (χ1v) is 7.93. The summed E-state index contributed by atoms with van der Waals surface area (Å²) in [5.41, 5.74) is 0.798. The van der Waals surface area contributed by atoms with Gasteiger partial charge in [0.2, 0.25) is 11.8 Å². The van der Waals surface area contributed by atoms with Crippen molar-refractivity contribution < 1.29 is 14.0 Å². The fraction of sp³-hybridized carbons (Fsp3) is 0.444. The van der Waals surface area contributed by atoms with Gasteiger partial charge in [0.25, 0.3) is 0 Å². The molecule has 2 saturated carbocycles. The van der Waals surface area contributed by atoms with Gasteiger partial charge in [-0.2, -0.15) is 0 Å². The van der Waals surface area contributed by atoms with E-state index in [4.69, 9.17) is 0 Å². The molecule has 5 aliphatic rings. The maximum absolute atomic E-state index is 13.0. The number of hydrogen-bond donors (Lipinski definition) is 0. The van der Waals surface area contributed by atoms with Crippen molar-refractivity contribution in [1.82, 2.24) is 4.90 Å². The van der Waals surface area contributed by atoms with Crippen molar-refractivity contribution in [2.24, 2.45) is 35.5 Å². The zero-order valence-electron chi connectivity index (χ0n) is 12.0. The van der Waals surface area contributed by atoms with Crippen LogP contribution in [0, 0.1) is 41.3 Å². The van der Waals surface area contributed by atoms with E-state index in [0.717, 1.165) is 5.56 Å². The van der Waals surface area contributed by atoms with Gasteiger partial charge in [0.05, 0.1) is 18.4 Å². The first-order valence-electron chi connectivity index (χ1n) is 7.93. The van der Waals surface area contributed by atoms with Crippen molar-refractivity contribution in [3.05, 3.63) is 47.8 Å². The fourth-order valence-electron chi connectivity index (χ4n) is 4.95. The number of halogens is 1. The molecule has 3 nitrogen and oxygen atoms in total. The molecule has 4 aliphatic carbocycles. The van der Waals surface area contributed by atoms with E-state index in [1.54, 1.807) is 12.1 Å². The van der Waals surface area contributed by atoms with Crippen molar-refractivity contribution in [2.75, 3.05) is 0 Å². The zero-order chi connectivity index (χ0) is 15.0. The minimum absolute atomic E-state index is 0.0241. The van der Waals surface area contributed by atoms with Gasteiger partial charge < -0.3 is 0 Å². The second-order valence-electron chi connectivity index (χ2n) is 7.04. The number of hydrogen-bond acceptors (Lipinski definition) is 2. The van der Waals surface area contributed by atoms with E-state index >= 15 is 0 Å². The normalized spacial score (nSPS) is 40.9. The SMILES string of the molecule is O=C1[C@@H]2[C@H]3C=C[C@@H]([C@@H]4C[C@@H]34)[C@@H]2C(=O)N1Cc1ccc(F)cc1. The van der Waals surface area contributed by atoms with Gasteiger partial charge in [-0.1, -0.05) is 24.3 Å². The molecular weight excluding hydrogens is 281 g/mol. The Kier molecular flexibility index (Phi) is 2.32. The lowest BCUT2D eigenvalue weighted by molar-refractivity contribution is -0.140. The molecule has 6 atom stereocenters. The molecule has 0 N–H and O–H groups in total. The average molecular weight is 297 g/mol. The molecule has 0 unspecified atom stereocenters. The molecule has 1 saturated heterocycles. The number of carbonyl (C=O) groups is 2. The quantitative estimate of drug-likeness (QED) is 0.621. The van der Waals surface area contributed by atoms with Gasteiger partial charge in [-0.05, 0) is 47.8 Å². The topological polar surface area (TPSA) is 37.4 Å². The summed E-state index contributed by atoms with van der Waals surface area (Å²) in [6, 6.07) is 6.02. The number of carbonyl (C=O) groups excluding carboxylic acids is 2. The molecule has 22 heavy (non-hydrogen) atoms. The maximum Gasteiger partial charge on any atom is 0.234 e. The number of imide groups is 1. The van der Waals surface area contributed by atoms with Crippen LogP contribution < -0.4 is 0 Å². The average Bonchev–Trinajstić information content (AvgIpc) is 3.30. The first kappa shape index (κ1) is 12.6. The summed E-state index contributed by atoms with van der Waals surface area (Å²) in [6.45, 7) is 0.264. The second-order valence-corrected chi connectivity index (χ2v) is 7.04. The Bertz CT molecular complexity index is 674. The summed E-state index contributed by atoms with van der Waals surface area (Å²) in [4.78, 5) is 26.9. The van der Waals surface area contributed by atoms with E-state index in [1.165, 1.54) is 23.5 Å². The Balaban J connectivity index is 1.46. The smallest absolute Gasteiger partial charge is 0.234 e. The Labute approximate surface area is 127 Å². The molecule has 1 aromatic carbocycles. The highest BCUT2D eigenvalue weighted by atomic mass is 19.1. The molecule has 0 radical (unpaired) electrons. The Hall–Kier alpha value is -1.97. The van der Waals surface area contributed by atoms with Gasteiger partial charge in [-0.25, -0.2) is 4.39 Å². The van der Waals surface area contributed by atoms with Crippen LogP contribution in [0.4, 0.5) is 4.39 Å². The van der Waals surface area contributed by atoms with Crippen molar-refractivity contribution in [1.29, 1.82) is 0 Å². The molecule has 2 amide bonds. The van der Waals surface area contributed by atoms with E-state index in [2.05, 4.69) is 12.2 Å². The minimum atomic E-state index is -0.307. The summed E-state index contributed by atoms with van der Waals surface area (Å²) in [6.07, 6.45) is 5.52. The van der Waals surface area contributed by atoms with Gasteiger partial charge >= 0.3 is 0 Å². The summed E-state index contributed by atoms with van der Waals surface area (Å²) < 4.78 is 13.0. The fourth-order valence-corrected chi connectivity index (χ4v) is 4.95. The summed E-state index contributed by atoms with van der Waals surface area (Å²) >= 11 is 0. The first-order chi connectivity index (χ1) is 10.6. The van der Waals surface area contributed by atoms with Gasteiger partial charge in [-0.15, -0.1) is 0 Å². The summed E-state index contributed by atoms with van der Waals surface area (Å²) in [5.74, 6) is 1.12. The summed E-state index contributed by atoms with van der Waals surface area (Å²) in [5, 5.41) is 0. The summed E-state index contributed by atoms with van der Waals surface area (Å²) in [7, 11) is 0. The van der Waals surface area contributed by atoms with Crippen molar-refractivity contribution >= 4 is 11.8 Å². The van der Waals surface area contributed by atoms with Crippen LogP contribution in [0.1, 0.15) is 12.0 Å². The van der Waals surface area contributed by atoms with Crippen LogP contribution in [0.2, 0.25) is 0 Å². The number of amides is 2. The number of benzene rings is 1. The van der Waals surface area contributed by atoms with Crippen LogP contribution in [-0.4, -0.2) is 16.7 Å². The van der Waals surface area contributed by atoms with Gasteiger partial charge in [-0.3, -0.25) is 14.5 Å². The predicted molar refractivity (Wildman–Crippen MR) is 76.7 cm³/mol. The Morgan fingerprint density at radius 2 is 1.50 bits per heavy atom. The molecule has 1 heterocycles. The molecule has 0 aromatic heterocycles. The number of likely N-dealkylation sites (tertiary alicyclic amines) is 1. The van der Waals surface area contributed by atoms with E-state index < -0.39 is 0 Å². The molecule has 2 bridgehead atoms. The van der Waals surface area contributed by atoms with E-state index in [1.807, 2.05) is 0 Å². The zero-order valence-corrected chi connectivity index (χ0v) is 12.0. The molecule has 0 spiro atoms. The van der Waals surface area contributed by atoms with Crippen LogP contribution >= 0.6 is 0 Å². The van der Waals surface area contributed by atoms with Crippen LogP contribution in [0.3, 0.4) is 0 Å². The molecular formula is C18H16FNO2. The van der Waals surface area contributed by atoms with Gasteiger partial charge in [0.1, 0.15) is 5.82 Å². The molecule has 1 aliphatic heterocycles. The Morgan fingerprint density at radius 1 is 0.955 bits per heavy atom. The highest BCUT2D eigenvalue weighted by molar-refractivity contribution is 6.06. The third-order valence-corrected chi connectivity index (χ3v) is 6.01. The lowest BCUT2D eigenvalue weighted by atomic mass is 9.63. The molecule has 1 aromatic rings. The largest absolute Gasteiger partial charge is 0.278 e. The van der Waals surface area contributed by atoms with Crippen LogP contribution in [0.25, 0.3) is 0 Å². The molecule has 6 rings (SSSR count). The maximum atomic E-state index is 13.0. The van der Waals surface area contributed by atoms with E-state index in [9.17, 15) is 14.0 Å². The number of allylic oxidation sites excluding steroid dienone is 2. The third-order valence-electron chi connectivity index (χ3n) is 6.01. The van der Waals surface area contributed by atoms with E-state index in [0.29, 0.717) is 11.8 Å². The molecule has 112 valence electrons. The second kappa shape index (κ2) is 4.06. The van der Waals surface area contributed by atoms with Crippen molar-refractivity contribution in [3.8, 4) is 0 Å². The number of rotatable bonds is 2. The molecule has 3 fully saturated rings. The van der Waals surface area contributed by atoms with Crippen molar-refractivity contribution in [2.45, 2.75) is 13.0 Å². The highest BCUT2D eigenvalue weighted by Crippen LogP contribution is 2.65. The molecule has 4 heteroatoms. The van der Waals surface area contributed by atoms with Gasteiger partial charge in [0, 0.05) is 0 Å². The monoisotopic (exact) mass is 297 g/mol. The predicted octanol–water partition coefficient (Wildman–Crippen LogP) is 2.38. The van der Waals surface area contributed by atoms with Gasteiger partial charge in [0.15, 0.2) is 0 Å². The lowest BCUT2D eigenvalue weighted by Crippen LogP contribution is -2.40. The van der Waals surface area contributed by atoms with E-state index in [-0.39, 0.29) is 47.8 Å². The van der Waals surface area contributed by atoms with Crippen molar-refractivity contribution in [3.63, 3.8) is 0 Å². The lowest BCUT2D eigenvalue weighted by Gasteiger charge is -2.37. The highest BCUT2D eigenvalue weighted by Gasteiger charge is 2.66. The third kappa shape index (κ3) is 1.50.